The highest BCUT2D eigenvalue weighted by molar-refractivity contribution is 5.71. The summed E-state index contributed by atoms with van der Waals surface area (Å²) in [6.45, 7) is 6.59. The first-order chi connectivity index (χ1) is 31.0. The van der Waals surface area contributed by atoms with Crippen LogP contribution in [0.1, 0.15) is 278 Å². The monoisotopic (exact) mass is 883 g/mol. The summed E-state index contributed by atoms with van der Waals surface area (Å²) in [7, 11) is 0. The van der Waals surface area contributed by atoms with Gasteiger partial charge in [0.2, 0.25) is 0 Å². The third kappa shape index (κ3) is 50.2. The van der Waals surface area contributed by atoms with Gasteiger partial charge in [-0.25, -0.2) is 0 Å². The molecular weight excluding hydrogens is 781 g/mol. The van der Waals surface area contributed by atoms with E-state index in [1.807, 2.05) is 0 Å². The van der Waals surface area contributed by atoms with E-state index in [4.69, 9.17) is 14.2 Å². The van der Waals surface area contributed by atoms with Gasteiger partial charge in [-0.1, -0.05) is 204 Å². The maximum atomic E-state index is 12.8. The van der Waals surface area contributed by atoms with Crippen molar-refractivity contribution in [1.82, 2.24) is 0 Å². The van der Waals surface area contributed by atoms with E-state index in [-0.39, 0.29) is 31.1 Å². The molecule has 0 aliphatic carbocycles. The molecule has 0 rings (SSSR count). The van der Waals surface area contributed by atoms with Crippen molar-refractivity contribution >= 4 is 17.9 Å². The Morgan fingerprint density at radius 3 is 0.921 bits per heavy atom. The second-order valence-corrected chi connectivity index (χ2v) is 18.1. The lowest BCUT2D eigenvalue weighted by atomic mass is 10.1. The van der Waals surface area contributed by atoms with Crippen LogP contribution in [0.4, 0.5) is 0 Å². The van der Waals surface area contributed by atoms with Crippen LogP contribution in [0.2, 0.25) is 0 Å². The molecule has 0 spiro atoms. The number of unbranched alkanes of at least 4 members (excludes halogenated alkanes) is 30. The molecule has 0 aromatic heterocycles. The third-order valence-corrected chi connectivity index (χ3v) is 11.8. The SMILES string of the molecule is CCCCC/C=C/C/C=C/CCCCCCCCCC(=O)OC[C@@H](COC(=O)CCCCCCC/C=C/CCCCCC)OC(=O)CCCCCCCCC/C=C/CCCCCC. The fourth-order valence-electron chi connectivity index (χ4n) is 7.64. The van der Waals surface area contributed by atoms with Gasteiger partial charge in [0.05, 0.1) is 0 Å². The standard InChI is InChI=1S/C57H102O6/c1-4-7-10-13-16-19-22-25-27-28-30-32-35-38-41-44-47-50-56(59)62-53-54(52-61-55(58)49-46-43-40-37-34-31-24-21-18-15-12-9-6-3)63-57(60)51-48-45-42-39-36-33-29-26-23-20-17-14-11-8-5-2/h16,19-21,23-25,27,54H,4-15,17-18,22,26,28-53H2,1-3H3/b19-16+,23-20+,24-21+,27-25+/t54-/m1/s1. The van der Waals surface area contributed by atoms with Crippen LogP contribution >= 0.6 is 0 Å². The largest absolute Gasteiger partial charge is 0.462 e. The Morgan fingerprint density at radius 2 is 0.571 bits per heavy atom. The smallest absolute Gasteiger partial charge is 0.306 e. The molecule has 6 heteroatoms. The first kappa shape index (κ1) is 60.4. The molecule has 0 aromatic rings. The number of carbonyl (C=O) groups excluding carboxylic acids is 3. The third-order valence-electron chi connectivity index (χ3n) is 11.8. The Morgan fingerprint density at radius 1 is 0.317 bits per heavy atom. The second-order valence-electron chi connectivity index (χ2n) is 18.1. The van der Waals surface area contributed by atoms with E-state index in [0.717, 1.165) is 77.0 Å². The zero-order chi connectivity index (χ0) is 45.8. The Bertz CT molecular complexity index is 1110. The van der Waals surface area contributed by atoms with Gasteiger partial charge in [0.1, 0.15) is 13.2 Å². The highest BCUT2D eigenvalue weighted by Gasteiger charge is 2.19. The molecule has 0 aliphatic rings. The summed E-state index contributed by atoms with van der Waals surface area (Å²) < 4.78 is 16.8. The summed E-state index contributed by atoms with van der Waals surface area (Å²) in [6, 6.07) is 0. The zero-order valence-corrected chi connectivity index (χ0v) is 41.8. The molecule has 1 atom stereocenters. The number of allylic oxidation sites excluding steroid dienone is 8. The Labute approximate surface area is 390 Å². The van der Waals surface area contributed by atoms with Crippen molar-refractivity contribution in [2.75, 3.05) is 13.2 Å². The van der Waals surface area contributed by atoms with E-state index in [2.05, 4.69) is 69.4 Å². The number of hydrogen-bond acceptors (Lipinski definition) is 6. The number of hydrogen-bond donors (Lipinski definition) is 0. The molecule has 366 valence electrons. The van der Waals surface area contributed by atoms with Crippen molar-refractivity contribution in [3.63, 3.8) is 0 Å². The van der Waals surface area contributed by atoms with Crippen LogP contribution in [0.3, 0.4) is 0 Å². The number of ether oxygens (including phenoxy) is 3. The van der Waals surface area contributed by atoms with Crippen molar-refractivity contribution in [2.24, 2.45) is 0 Å². The zero-order valence-electron chi connectivity index (χ0n) is 41.8. The van der Waals surface area contributed by atoms with Crippen LogP contribution in [-0.2, 0) is 28.6 Å². The van der Waals surface area contributed by atoms with E-state index in [0.29, 0.717) is 19.3 Å². The van der Waals surface area contributed by atoms with Gasteiger partial charge in [-0.2, -0.15) is 0 Å². The van der Waals surface area contributed by atoms with Crippen molar-refractivity contribution in [1.29, 1.82) is 0 Å². The number of rotatable bonds is 49. The number of carbonyl (C=O) groups is 3. The average Bonchev–Trinajstić information content (AvgIpc) is 3.28. The molecule has 0 radical (unpaired) electrons. The van der Waals surface area contributed by atoms with Crippen molar-refractivity contribution in [3.8, 4) is 0 Å². The van der Waals surface area contributed by atoms with Crippen LogP contribution in [0.15, 0.2) is 48.6 Å². The summed E-state index contributed by atoms with van der Waals surface area (Å²) in [5.41, 5.74) is 0. The van der Waals surface area contributed by atoms with Gasteiger partial charge >= 0.3 is 17.9 Å². The molecule has 0 aliphatic heterocycles. The van der Waals surface area contributed by atoms with E-state index in [9.17, 15) is 14.4 Å². The molecule has 0 bridgehead atoms. The summed E-state index contributed by atoms with van der Waals surface area (Å²) in [6.07, 6.45) is 62.3. The maximum Gasteiger partial charge on any atom is 0.306 e. The maximum absolute atomic E-state index is 12.8. The normalized spacial score (nSPS) is 12.4. The fraction of sp³-hybridized carbons (Fsp3) is 0.807. The van der Waals surface area contributed by atoms with E-state index in [1.54, 1.807) is 0 Å². The minimum atomic E-state index is -0.780. The summed E-state index contributed by atoms with van der Waals surface area (Å²) in [5.74, 6) is -0.892. The number of esters is 3. The van der Waals surface area contributed by atoms with Crippen molar-refractivity contribution in [3.05, 3.63) is 48.6 Å². The molecule has 6 nitrogen and oxygen atoms in total. The Balaban J connectivity index is 4.38. The summed E-state index contributed by atoms with van der Waals surface area (Å²) in [4.78, 5) is 38.0. The second kappa shape index (κ2) is 52.0. The lowest BCUT2D eigenvalue weighted by molar-refractivity contribution is -0.167. The first-order valence-electron chi connectivity index (χ1n) is 27.1. The van der Waals surface area contributed by atoms with Crippen LogP contribution < -0.4 is 0 Å². The van der Waals surface area contributed by atoms with Gasteiger partial charge in [0.25, 0.3) is 0 Å². The molecule has 0 saturated carbocycles. The molecule has 0 unspecified atom stereocenters. The molecular formula is C57H102O6. The molecule has 0 N–H and O–H groups in total. The van der Waals surface area contributed by atoms with Crippen molar-refractivity contribution in [2.45, 2.75) is 284 Å². The van der Waals surface area contributed by atoms with Crippen LogP contribution in [0.5, 0.6) is 0 Å². The first-order valence-corrected chi connectivity index (χ1v) is 27.1. The minimum absolute atomic E-state index is 0.0806. The molecule has 0 heterocycles. The van der Waals surface area contributed by atoms with Crippen LogP contribution in [-0.4, -0.2) is 37.2 Å². The highest BCUT2D eigenvalue weighted by Crippen LogP contribution is 2.15. The van der Waals surface area contributed by atoms with E-state index >= 15 is 0 Å². The summed E-state index contributed by atoms with van der Waals surface area (Å²) in [5, 5.41) is 0. The van der Waals surface area contributed by atoms with Gasteiger partial charge in [-0.05, 0) is 103 Å². The lowest BCUT2D eigenvalue weighted by Crippen LogP contribution is -2.30. The molecule has 63 heavy (non-hydrogen) atoms. The van der Waals surface area contributed by atoms with E-state index < -0.39 is 6.10 Å². The molecule has 0 fully saturated rings. The van der Waals surface area contributed by atoms with Crippen LogP contribution in [0.25, 0.3) is 0 Å². The fourth-order valence-corrected chi connectivity index (χ4v) is 7.64. The topological polar surface area (TPSA) is 78.9 Å². The van der Waals surface area contributed by atoms with Gasteiger partial charge in [-0.3, -0.25) is 14.4 Å². The van der Waals surface area contributed by atoms with Crippen LogP contribution in [0, 0.1) is 0 Å². The Kier molecular flexibility index (Phi) is 49.8. The van der Waals surface area contributed by atoms with Gasteiger partial charge < -0.3 is 14.2 Å². The van der Waals surface area contributed by atoms with E-state index in [1.165, 1.54) is 161 Å². The van der Waals surface area contributed by atoms with Gasteiger partial charge in [0.15, 0.2) is 6.10 Å². The molecule has 0 amide bonds. The minimum Gasteiger partial charge on any atom is -0.462 e. The molecule has 0 aromatic carbocycles. The Hall–Kier alpha value is -2.63. The van der Waals surface area contributed by atoms with Crippen molar-refractivity contribution < 1.29 is 28.6 Å². The van der Waals surface area contributed by atoms with Gasteiger partial charge in [-0.15, -0.1) is 0 Å². The molecule has 0 saturated heterocycles. The predicted octanol–water partition coefficient (Wildman–Crippen LogP) is 17.9. The predicted molar refractivity (Wildman–Crippen MR) is 270 cm³/mol. The summed E-state index contributed by atoms with van der Waals surface area (Å²) >= 11 is 0. The van der Waals surface area contributed by atoms with Gasteiger partial charge in [0, 0.05) is 19.3 Å². The highest BCUT2D eigenvalue weighted by atomic mass is 16.6. The quantitative estimate of drug-likeness (QED) is 0.0262. The average molecular weight is 883 g/mol. The lowest BCUT2D eigenvalue weighted by Gasteiger charge is -2.18.